The minimum absolute atomic E-state index is 0.142. The molecule has 0 bridgehead atoms. The van der Waals surface area contributed by atoms with Crippen molar-refractivity contribution < 1.29 is 14.3 Å². The molecular weight excluding hydrogens is 337 g/mol. The van der Waals surface area contributed by atoms with E-state index in [1.165, 1.54) is 18.2 Å². The number of carbonyl (C=O) groups is 1. The van der Waals surface area contributed by atoms with Gasteiger partial charge in [0, 0.05) is 15.5 Å². The SMILES string of the molecule is CC(C)(C)c1nc(-c2ccc(Br)cc2F)ccc1C(=O)O. The zero-order chi connectivity index (χ0) is 15.8. The first kappa shape index (κ1) is 15.6. The Balaban J connectivity index is 2.64. The molecule has 3 nitrogen and oxygen atoms in total. The molecule has 2 rings (SSSR count). The highest BCUT2D eigenvalue weighted by atomic mass is 79.9. The Morgan fingerprint density at radius 1 is 1.24 bits per heavy atom. The average molecular weight is 352 g/mol. The van der Waals surface area contributed by atoms with Gasteiger partial charge < -0.3 is 5.11 Å². The number of hydrogen-bond donors (Lipinski definition) is 1. The maximum absolute atomic E-state index is 14.0. The van der Waals surface area contributed by atoms with Crippen molar-refractivity contribution in [2.75, 3.05) is 0 Å². The molecule has 0 aliphatic heterocycles. The molecular formula is C16H15BrFNO2. The van der Waals surface area contributed by atoms with Gasteiger partial charge in [-0.25, -0.2) is 9.18 Å². The molecule has 1 aromatic carbocycles. The smallest absolute Gasteiger partial charge is 0.337 e. The molecule has 0 saturated heterocycles. The highest BCUT2D eigenvalue weighted by Crippen LogP contribution is 2.29. The maximum Gasteiger partial charge on any atom is 0.337 e. The van der Waals surface area contributed by atoms with Crippen LogP contribution in [-0.4, -0.2) is 16.1 Å². The van der Waals surface area contributed by atoms with Gasteiger partial charge in [-0.3, -0.25) is 4.98 Å². The van der Waals surface area contributed by atoms with Crippen LogP contribution < -0.4 is 0 Å². The van der Waals surface area contributed by atoms with Gasteiger partial charge in [0.1, 0.15) is 5.82 Å². The molecule has 0 aliphatic carbocycles. The topological polar surface area (TPSA) is 50.2 Å². The first-order valence-corrected chi connectivity index (χ1v) is 7.19. The first-order valence-electron chi connectivity index (χ1n) is 6.40. The van der Waals surface area contributed by atoms with Crippen LogP contribution in [0.15, 0.2) is 34.8 Å². The van der Waals surface area contributed by atoms with Crippen molar-refractivity contribution in [1.82, 2.24) is 4.98 Å². The van der Waals surface area contributed by atoms with Gasteiger partial charge in [-0.15, -0.1) is 0 Å². The van der Waals surface area contributed by atoms with Gasteiger partial charge >= 0.3 is 5.97 Å². The predicted octanol–water partition coefficient (Wildman–Crippen LogP) is 4.65. The molecule has 110 valence electrons. The number of nitrogens with zero attached hydrogens (tertiary/aromatic N) is 1. The van der Waals surface area contributed by atoms with E-state index in [-0.39, 0.29) is 5.56 Å². The number of aromatic carboxylic acids is 1. The van der Waals surface area contributed by atoms with Crippen LogP contribution in [0.25, 0.3) is 11.3 Å². The molecule has 0 amide bonds. The lowest BCUT2D eigenvalue weighted by molar-refractivity contribution is 0.0693. The van der Waals surface area contributed by atoms with Crippen LogP contribution in [0.3, 0.4) is 0 Å². The number of benzene rings is 1. The third kappa shape index (κ3) is 3.29. The van der Waals surface area contributed by atoms with Crippen LogP contribution in [0.5, 0.6) is 0 Å². The number of carboxylic acid groups (broad SMARTS) is 1. The van der Waals surface area contributed by atoms with Gasteiger partial charge in [0.2, 0.25) is 0 Å². The summed E-state index contributed by atoms with van der Waals surface area (Å²) in [4.78, 5) is 15.7. The Bertz CT molecular complexity index is 708. The monoisotopic (exact) mass is 351 g/mol. The summed E-state index contributed by atoms with van der Waals surface area (Å²) in [5.41, 5.74) is 0.907. The van der Waals surface area contributed by atoms with E-state index in [4.69, 9.17) is 0 Å². The molecule has 2 aromatic rings. The summed E-state index contributed by atoms with van der Waals surface area (Å²) < 4.78 is 14.7. The van der Waals surface area contributed by atoms with E-state index in [1.807, 2.05) is 20.8 Å². The number of halogens is 2. The zero-order valence-electron chi connectivity index (χ0n) is 11.9. The van der Waals surface area contributed by atoms with E-state index >= 15 is 0 Å². The lowest BCUT2D eigenvalue weighted by Crippen LogP contribution is -2.19. The molecule has 5 heteroatoms. The van der Waals surface area contributed by atoms with Crippen molar-refractivity contribution in [3.05, 3.63) is 51.9 Å². The van der Waals surface area contributed by atoms with Gasteiger partial charge in [0.05, 0.1) is 17.0 Å². The van der Waals surface area contributed by atoms with Gasteiger partial charge in [-0.05, 0) is 30.3 Å². The van der Waals surface area contributed by atoms with Crippen LogP contribution in [0.1, 0.15) is 36.8 Å². The van der Waals surface area contributed by atoms with Gasteiger partial charge in [-0.2, -0.15) is 0 Å². The lowest BCUT2D eigenvalue weighted by atomic mass is 9.88. The molecule has 0 fully saturated rings. The Hall–Kier alpha value is -1.75. The number of rotatable bonds is 2. The zero-order valence-corrected chi connectivity index (χ0v) is 13.5. The number of hydrogen-bond acceptors (Lipinski definition) is 2. The van der Waals surface area contributed by atoms with Crippen molar-refractivity contribution in [2.45, 2.75) is 26.2 Å². The van der Waals surface area contributed by atoms with Crippen LogP contribution >= 0.6 is 15.9 Å². The van der Waals surface area contributed by atoms with Gasteiger partial charge in [0.15, 0.2) is 0 Å². The van der Waals surface area contributed by atoms with Crippen molar-refractivity contribution >= 4 is 21.9 Å². The van der Waals surface area contributed by atoms with E-state index in [0.29, 0.717) is 21.4 Å². The second-order valence-electron chi connectivity index (χ2n) is 5.77. The first-order chi connectivity index (χ1) is 9.70. The Labute approximate surface area is 131 Å². The van der Waals surface area contributed by atoms with E-state index in [9.17, 15) is 14.3 Å². The predicted molar refractivity (Wildman–Crippen MR) is 83.0 cm³/mol. The van der Waals surface area contributed by atoms with Crippen molar-refractivity contribution in [1.29, 1.82) is 0 Å². The van der Waals surface area contributed by atoms with E-state index in [1.54, 1.807) is 12.1 Å². The molecule has 0 aliphatic rings. The van der Waals surface area contributed by atoms with Gasteiger partial charge in [0.25, 0.3) is 0 Å². The third-order valence-electron chi connectivity index (χ3n) is 3.04. The fraction of sp³-hybridized carbons (Fsp3) is 0.250. The molecule has 1 N–H and O–H groups in total. The largest absolute Gasteiger partial charge is 0.478 e. The van der Waals surface area contributed by atoms with Gasteiger partial charge in [-0.1, -0.05) is 36.7 Å². The number of pyridine rings is 1. The number of carboxylic acids is 1. The Morgan fingerprint density at radius 3 is 2.43 bits per heavy atom. The maximum atomic E-state index is 14.0. The summed E-state index contributed by atoms with van der Waals surface area (Å²) in [6.07, 6.45) is 0. The fourth-order valence-electron chi connectivity index (χ4n) is 2.05. The number of aromatic nitrogens is 1. The average Bonchev–Trinajstić information content (AvgIpc) is 2.37. The molecule has 0 spiro atoms. The van der Waals surface area contributed by atoms with Crippen LogP contribution in [0.4, 0.5) is 4.39 Å². The summed E-state index contributed by atoms with van der Waals surface area (Å²) >= 11 is 3.21. The van der Waals surface area contributed by atoms with Crippen molar-refractivity contribution in [2.24, 2.45) is 0 Å². The molecule has 21 heavy (non-hydrogen) atoms. The molecule has 0 atom stereocenters. The Kier molecular flexibility index (Phi) is 4.14. The van der Waals surface area contributed by atoms with Crippen LogP contribution in [0, 0.1) is 5.82 Å². The van der Waals surface area contributed by atoms with E-state index in [2.05, 4.69) is 20.9 Å². The summed E-state index contributed by atoms with van der Waals surface area (Å²) in [5.74, 6) is -1.44. The highest BCUT2D eigenvalue weighted by molar-refractivity contribution is 9.10. The van der Waals surface area contributed by atoms with Crippen molar-refractivity contribution in [3.63, 3.8) is 0 Å². The molecule has 0 unspecified atom stereocenters. The minimum atomic E-state index is -1.03. The second-order valence-corrected chi connectivity index (χ2v) is 6.69. The van der Waals surface area contributed by atoms with E-state index < -0.39 is 17.2 Å². The van der Waals surface area contributed by atoms with Crippen molar-refractivity contribution in [3.8, 4) is 11.3 Å². The Morgan fingerprint density at radius 2 is 1.90 bits per heavy atom. The van der Waals surface area contributed by atoms with Crippen LogP contribution in [0.2, 0.25) is 0 Å². The molecule has 0 radical (unpaired) electrons. The quantitative estimate of drug-likeness (QED) is 0.856. The molecule has 1 heterocycles. The summed E-state index contributed by atoms with van der Waals surface area (Å²) in [6, 6.07) is 7.72. The fourth-order valence-corrected chi connectivity index (χ4v) is 2.38. The third-order valence-corrected chi connectivity index (χ3v) is 3.54. The normalized spacial score (nSPS) is 11.5. The summed E-state index contributed by atoms with van der Waals surface area (Å²) in [5, 5.41) is 9.26. The van der Waals surface area contributed by atoms with E-state index in [0.717, 1.165) is 0 Å². The minimum Gasteiger partial charge on any atom is -0.478 e. The summed E-state index contributed by atoms with van der Waals surface area (Å²) in [6.45, 7) is 5.64. The highest BCUT2D eigenvalue weighted by Gasteiger charge is 2.24. The standard InChI is InChI=1S/C16H15BrFNO2/c1-16(2,3)14-11(15(20)21)6-7-13(19-14)10-5-4-9(17)8-12(10)18/h4-8H,1-3H3,(H,20,21). The second kappa shape index (κ2) is 5.56. The lowest BCUT2D eigenvalue weighted by Gasteiger charge is -2.21. The molecule has 1 aromatic heterocycles. The van der Waals surface area contributed by atoms with Crippen LogP contribution in [-0.2, 0) is 5.41 Å². The summed E-state index contributed by atoms with van der Waals surface area (Å²) in [7, 11) is 0. The molecule has 0 saturated carbocycles.